The summed E-state index contributed by atoms with van der Waals surface area (Å²) in [5.41, 5.74) is 0.964. The van der Waals surface area contributed by atoms with Gasteiger partial charge in [0.05, 0.1) is 0 Å². The molecule has 0 aliphatic carbocycles. The maximum atomic E-state index is 10.2. The van der Waals surface area contributed by atoms with Gasteiger partial charge in [-0.2, -0.15) is 0 Å². The average Bonchev–Trinajstić information content (AvgIpc) is 1.62. The van der Waals surface area contributed by atoms with E-state index < -0.39 is 15.8 Å². The maximum absolute atomic E-state index is 10.2. The summed E-state index contributed by atoms with van der Waals surface area (Å²) in [6, 6.07) is 0. The molecule has 0 rings (SSSR count). The standard InChI is InChI=1S/C3H5Cl2NO2S/c4-1-3(5)2-9(6,7)8/h1H,2H2,(H2,6,7,8). The molecular weight excluding hydrogens is 185 g/mol. The molecule has 0 aromatic heterocycles. The van der Waals surface area contributed by atoms with Gasteiger partial charge in [0.1, 0.15) is 5.75 Å². The average molecular weight is 190 g/mol. The van der Waals surface area contributed by atoms with Crippen LogP contribution in [0.2, 0.25) is 0 Å². The first-order chi connectivity index (χ1) is 3.95. The zero-order chi connectivity index (χ0) is 7.49. The van der Waals surface area contributed by atoms with Gasteiger partial charge in [-0.1, -0.05) is 23.2 Å². The van der Waals surface area contributed by atoms with E-state index in [1.54, 1.807) is 0 Å². The van der Waals surface area contributed by atoms with Gasteiger partial charge in [-0.15, -0.1) is 0 Å². The van der Waals surface area contributed by atoms with Crippen LogP contribution in [0, 0.1) is 0 Å². The van der Waals surface area contributed by atoms with Crippen LogP contribution in [0.3, 0.4) is 0 Å². The molecule has 0 heterocycles. The Morgan fingerprint density at radius 2 is 2.11 bits per heavy atom. The highest BCUT2D eigenvalue weighted by atomic mass is 35.5. The number of nitrogens with two attached hydrogens (primary N) is 1. The molecule has 0 saturated heterocycles. The minimum Gasteiger partial charge on any atom is -0.228 e. The number of hydrogen-bond acceptors (Lipinski definition) is 2. The molecule has 0 amide bonds. The van der Waals surface area contributed by atoms with Crippen LogP contribution >= 0.6 is 23.2 Å². The van der Waals surface area contributed by atoms with Crippen molar-refractivity contribution in [3.05, 3.63) is 10.6 Å². The van der Waals surface area contributed by atoms with Crippen molar-refractivity contribution in [1.29, 1.82) is 0 Å². The monoisotopic (exact) mass is 189 g/mol. The van der Waals surface area contributed by atoms with Gasteiger partial charge in [0.2, 0.25) is 10.0 Å². The van der Waals surface area contributed by atoms with Crippen LogP contribution in [-0.4, -0.2) is 14.2 Å². The molecule has 0 radical (unpaired) electrons. The number of rotatable bonds is 2. The van der Waals surface area contributed by atoms with E-state index in [4.69, 9.17) is 23.2 Å². The molecule has 0 aromatic carbocycles. The summed E-state index contributed by atoms with van der Waals surface area (Å²) < 4.78 is 20.4. The molecule has 0 aliphatic rings. The Hall–Kier alpha value is 0.230. The quantitative estimate of drug-likeness (QED) is 0.692. The van der Waals surface area contributed by atoms with Crippen LogP contribution < -0.4 is 5.14 Å². The van der Waals surface area contributed by atoms with E-state index in [0.717, 1.165) is 5.54 Å². The number of hydrogen-bond donors (Lipinski definition) is 1. The molecule has 2 N–H and O–H groups in total. The Morgan fingerprint density at radius 3 is 2.22 bits per heavy atom. The van der Waals surface area contributed by atoms with Gasteiger partial charge in [-0.25, -0.2) is 13.6 Å². The molecule has 54 valence electrons. The third-order valence-electron chi connectivity index (χ3n) is 0.457. The van der Waals surface area contributed by atoms with Crippen molar-refractivity contribution in [2.24, 2.45) is 5.14 Å². The Labute approximate surface area is 63.5 Å². The number of sulfonamides is 1. The lowest BCUT2D eigenvalue weighted by Gasteiger charge is -1.91. The van der Waals surface area contributed by atoms with Crippen molar-refractivity contribution < 1.29 is 8.42 Å². The second-order valence-electron chi connectivity index (χ2n) is 1.36. The Balaban J connectivity index is 4.07. The van der Waals surface area contributed by atoms with Crippen LogP contribution in [0.25, 0.3) is 0 Å². The van der Waals surface area contributed by atoms with Gasteiger partial charge >= 0.3 is 0 Å². The van der Waals surface area contributed by atoms with Crippen molar-refractivity contribution in [2.45, 2.75) is 0 Å². The normalized spacial score (nSPS) is 13.9. The lowest BCUT2D eigenvalue weighted by atomic mass is 10.7. The summed E-state index contributed by atoms with van der Waals surface area (Å²) in [6.45, 7) is 0. The van der Waals surface area contributed by atoms with Gasteiger partial charge in [0.25, 0.3) is 0 Å². The van der Waals surface area contributed by atoms with E-state index in [0.29, 0.717) is 0 Å². The van der Waals surface area contributed by atoms with Crippen molar-refractivity contribution in [3.63, 3.8) is 0 Å². The van der Waals surface area contributed by atoms with Gasteiger partial charge in [0, 0.05) is 10.6 Å². The predicted molar refractivity (Wildman–Crippen MR) is 37.8 cm³/mol. The minimum atomic E-state index is -3.52. The predicted octanol–water partition coefficient (Wildman–Crippen LogP) is 0.594. The fourth-order valence-corrected chi connectivity index (χ4v) is 1.32. The highest BCUT2D eigenvalue weighted by molar-refractivity contribution is 7.89. The zero-order valence-corrected chi connectivity index (χ0v) is 6.67. The minimum absolute atomic E-state index is 0.0131. The Morgan fingerprint density at radius 1 is 1.67 bits per heavy atom. The first-order valence-corrected chi connectivity index (χ1v) is 4.44. The van der Waals surface area contributed by atoms with E-state index in [1.165, 1.54) is 0 Å². The molecule has 0 spiro atoms. The van der Waals surface area contributed by atoms with E-state index in [2.05, 4.69) is 5.14 Å². The lowest BCUT2D eigenvalue weighted by Crippen LogP contribution is -2.16. The van der Waals surface area contributed by atoms with Crippen LogP contribution in [0.5, 0.6) is 0 Å². The number of halogens is 2. The Bertz CT molecular complexity index is 208. The van der Waals surface area contributed by atoms with Gasteiger partial charge in [-0.3, -0.25) is 0 Å². The molecule has 0 fully saturated rings. The molecule has 0 unspecified atom stereocenters. The summed E-state index contributed by atoms with van der Waals surface area (Å²) in [7, 11) is -3.52. The van der Waals surface area contributed by atoms with Crippen LogP contribution in [-0.2, 0) is 10.0 Å². The topological polar surface area (TPSA) is 60.2 Å². The molecular formula is C3H5Cl2NO2S. The fraction of sp³-hybridized carbons (Fsp3) is 0.333. The van der Waals surface area contributed by atoms with Crippen LogP contribution in [0.15, 0.2) is 10.6 Å². The fourth-order valence-electron chi connectivity index (χ4n) is 0.224. The van der Waals surface area contributed by atoms with E-state index in [-0.39, 0.29) is 5.03 Å². The second kappa shape index (κ2) is 3.41. The summed E-state index contributed by atoms with van der Waals surface area (Å²) in [5, 5.41) is 4.61. The van der Waals surface area contributed by atoms with Crippen molar-refractivity contribution in [3.8, 4) is 0 Å². The summed E-state index contributed by atoms with van der Waals surface area (Å²) in [6.07, 6.45) is 0. The van der Waals surface area contributed by atoms with Crippen LogP contribution in [0.4, 0.5) is 0 Å². The van der Waals surface area contributed by atoms with Gasteiger partial charge in [-0.05, 0) is 0 Å². The third-order valence-corrected chi connectivity index (χ3v) is 1.95. The zero-order valence-electron chi connectivity index (χ0n) is 4.34. The summed E-state index contributed by atoms with van der Waals surface area (Å²) in [4.78, 5) is 0. The van der Waals surface area contributed by atoms with E-state index in [1.807, 2.05) is 0 Å². The molecule has 6 heteroatoms. The van der Waals surface area contributed by atoms with Crippen molar-refractivity contribution in [1.82, 2.24) is 0 Å². The first-order valence-electron chi connectivity index (χ1n) is 1.91. The third kappa shape index (κ3) is 6.11. The van der Waals surface area contributed by atoms with E-state index in [9.17, 15) is 8.42 Å². The van der Waals surface area contributed by atoms with E-state index >= 15 is 0 Å². The Kier molecular flexibility index (Phi) is 3.50. The highest BCUT2D eigenvalue weighted by Gasteiger charge is 2.03. The molecule has 0 aromatic rings. The smallest absolute Gasteiger partial charge is 0.214 e. The molecule has 0 aliphatic heterocycles. The largest absolute Gasteiger partial charge is 0.228 e. The maximum Gasteiger partial charge on any atom is 0.214 e. The molecule has 0 saturated carbocycles. The number of primary sulfonamides is 1. The molecule has 3 nitrogen and oxygen atoms in total. The summed E-state index contributed by atoms with van der Waals surface area (Å²) in [5.74, 6) is -0.405. The summed E-state index contributed by atoms with van der Waals surface area (Å²) >= 11 is 10.3. The first kappa shape index (κ1) is 9.23. The molecule has 0 atom stereocenters. The highest BCUT2D eigenvalue weighted by Crippen LogP contribution is 2.03. The molecule has 9 heavy (non-hydrogen) atoms. The second-order valence-corrected chi connectivity index (χ2v) is 3.68. The van der Waals surface area contributed by atoms with Gasteiger partial charge in [0.15, 0.2) is 0 Å². The lowest BCUT2D eigenvalue weighted by molar-refractivity contribution is 0.600. The van der Waals surface area contributed by atoms with Crippen molar-refractivity contribution in [2.75, 3.05) is 5.75 Å². The van der Waals surface area contributed by atoms with Crippen molar-refractivity contribution >= 4 is 33.2 Å². The van der Waals surface area contributed by atoms with Gasteiger partial charge < -0.3 is 0 Å². The molecule has 0 bridgehead atoms. The van der Waals surface area contributed by atoms with Crippen LogP contribution in [0.1, 0.15) is 0 Å². The SMILES string of the molecule is NS(=O)(=O)CC(Cl)=CCl.